The lowest BCUT2D eigenvalue weighted by Crippen LogP contribution is -2.44. The molecule has 9 heteroatoms. The van der Waals surface area contributed by atoms with Crippen LogP contribution in [0.15, 0.2) is 53.2 Å². The highest BCUT2D eigenvalue weighted by atomic mass is 32.1. The topological polar surface area (TPSA) is 94.6 Å². The van der Waals surface area contributed by atoms with Crippen LogP contribution < -0.4 is 5.32 Å². The summed E-state index contributed by atoms with van der Waals surface area (Å²) in [6.07, 6.45) is 0.247. The lowest BCUT2D eigenvalue weighted by Gasteiger charge is -2.16. The first-order valence-corrected chi connectivity index (χ1v) is 10.9. The van der Waals surface area contributed by atoms with E-state index in [0.29, 0.717) is 5.69 Å². The minimum atomic E-state index is -0.865. The number of ether oxygens (including phenoxy) is 2. The molecule has 1 unspecified atom stereocenters. The fourth-order valence-electron chi connectivity index (χ4n) is 2.67. The van der Waals surface area contributed by atoms with Crippen LogP contribution in [0.5, 0.6) is 0 Å². The predicted octanol–water partition coefficient (Wildman–Crippen LogP) is 2.86. The van der Waals surface area contributed by atoms with Crippen molar-refractivity contribution in [1.82, 2.24) is 10.3 Å². The van der Waals surface area contributed by atoms with E-state index >= 15 is 0 Å². The second-order valence-electron chi connectivity index (χ2n) is 6.29. The number of carbonyl (C=O) groups is 3. The number of rotatable bonds is 9. The minimum Gasteiger partial charge on any atom is -0.467 e. The van der Waals surface area contributed by atoms with Gasteiger partial charge in [0.2, 0.25) is 0 Å². The van der Waals surface area contributed by atoms with Crippen molar-refractivity contribution >= 4 is 40.5 Å². The number of thiazole rings is 1. The monoisotopic (exact) mass is 444 g/mol. The normalized spacial score (nSPS) is 11.5. The van der Waals surface area contributed by atoms with Gasteiger partial charge in [-0.2, -0.15) is 0 Å². The third-order valence-corrected chi connectivity index (χ3v) is 6.01. The van der Waals surface area contributed by atoms with Gasteiger partial charge in [0.1, 0.15) is 11.0 Å². The SMILES string of the molecule is COC(=O)C(Cc1ccccc1)NC(=O)COC(=O)Cc1csc(-c2cccs2)n1. The van der Waals surface area contributed by atoms with Gasteiger partial charge in [0.15, 0.2) is 6.61 Å². The summed E-state index contributed by atoms with van der Waals surface area (Å²) in [4.78, 5) is 41.7. The summed E-state index contributed by atoms with van der Waals surface area (Å²) < 4.78 is 9.79. The summed E-state index contributed by atoms with van der Waals surface area (Å²) in [6.45, 7) is -0.483. The van der Waals surface area contributed by atoms with Crippen molar-refractivity contribution in [3.05, 3.63) is 64.5 Å². The Morgan fingerprint density at radius 1 is 1.10 bits per heavy atom. The number of nitrogens with zero attached hydrogens (tertiary/aromatic N) is 1. The molecule has 3 aromatic rings. The number of amides is 1. The van der Waals surface area contributed by atoms with Crippen molar-refractivity contribution in [2.45, 2.75) is 18.9 Å². The fraction of sp³-hybridized carbons (Fsp3) is 0.238. The summed E-state index contributed by atoms with van der Waals surface area (Å²) in [5.74, 6) is -1.71. The van der Waals surface area contributed by atoms with Crippen LogP contribution in [0.3, 0.4) is 0 Å². The Bertz CT molecular complexity index is 986. The summed E-state index contributed by atoms with van der Waals surface area (Å²) in [5.41, 5.74) is 1.46. The van der Waals surface area contributed by atoms with Crippen LogP contribution in [0.25, 0.3) is 9.88 Å². The average molecular weight is 445 g/mol. The molecule has 0 radical (unpaired) electrons. The minimum absolute atomic E-state index is 0.0282. The zero-order valence-corrected chi connectivity index (χ0v) is 17.8. The van der Waals surface area contributed by atoms with E-state index in [4.69, 9.17) is 9.47 Å². The van der Waals surface area contributed by atoms with Gasteiger partial charge in [-0.25, -0.2) is 9.78 Å². The second kappa shape index (κ2) is 10.7. The van der Waals surface area contributed by atoms with Crippen molar-refractivity contribution < 1.29 is 23.9 Å². The van der Waals surface area contributed by atoms with E-state index in [1.807, 2.05) is 47.8 Å². The lowest BCUT2D eigenvalue weighted by atomic mass is 10.1. The van der Waals surface area contributed by atoms with Gasteiger partial charge in [-0.15, -0.1) is 22.7 Å². The molecule has 1 N–H and O–H groups in total. The van der Waals surface area contributed by atoms with Gasteiger partial charge >= 0.3 is 11.9 Å². The van der Waals surface area contributed by atoms with Gasteiger partial charge in [-0.1, -0.05) is 36.4 Å². The summed E-state index contributed by atoms with van der Waals surface area (Å²) >= 11 is 3.02. The van der Waals surface area contributed by atoms with E-state index in [1.54, 1.807) is 16.7 Å². The Kier molecular flexibility index (Phi) is 7.69. The number of thiophene rings is 1. The molecule has 0 fully saturated rings. The molecule has 0 aliphatic heterocycles. The van der Waals surface area contributed by atoms with Gasteiger partial charge in [0.05, 0.1) is 24.1 Å². The quantitative estimate of drug-likeness (QED) is 0.510. The van der Waals surface area contributed by atoms with Gasteiger partial charge in [0, 0.05) is 11.8 Å². The standard InChI is InChI=1S/C21H20N2O5S2/c1-27-21(26)16(10-14-6-3-2-4-7-14)23-18(24)12-28-19(25)11-15-13-30-20(22-15)17-8-5-9-29-17/h2-9,13,16H,10-12H2,1H3,(H,23,24). The van der Waals surface area contributed by atoms with E-state index < -0.39 is 30.5 Å². The largest absolute Gasteiger partial charge is 0.467 e. The first kappa shape index (κ1) is 21.7. The molecule has 1 aromatic carbocycles. The Hall–Kier alpha value is -3.04. The molecule has 0 aliphatic rings. The van der Waals surface area contributed by atoms with Crippen molar-refractivity contribution in [3.8, 4) is 9.88 Å². The van der Waals surface area contributed by atoms with Crippen molar-refractivity contribution in [2.75, 3.05) is 13.7 Å². The maximum Gasteiger partial charge on any atom is 0.328 e. The van der Waals surface area contributed by atoms with Gasteiger partial charge in [-0.05, 0) is 17.0 Å². The Morgan fingerprint density at radius 3 is 2.60 bits per heavy atom. The molecule has 0 saturated carbocycles. The molecule has 3 rings (SSSR count). The molecule has 0 bridgehead atoms. The van der Waals surface area contributed by atoms with Gasteiger partial charge in [-0.3, -0.25) is 9.59 Å². The molecule has 2 heterocycles. The van der Waals surface area contributed by atoms with Gasteiger partial charge in [0.25, 0.3) is 5.91 Å². The van der Waals surface area contributed by atoms with Crippen LogP contribution in [-0.4, -0.2) is 42.6 Å². The highest BCUT2D eigenvalue weighted by Gasteiger charge is 2.22. The maximum atomic E-state index is 12.2. The van der Waals surface area contributed by atoms with Crippen LogP contribution in [0.2, 0.25) is 0 Å². The molecule has 30 heavy (non-hydrogen) atoms. The number of hydrogen-bond acceptors (Lipinski definition) is 8. The highest BCUT2D eigenvalue weighted by molar-refractivity contribution is 7.20. The maximum absolute atomic E-state index is 12.2. The number of hydrogen-bond donors (Lipinski definition) is 1. The molecule has 1 amide bonds. The van der Waals surface area contributed by atoms with Crippen molar-refractivity contribution in [1.29, 1.82) is 0 Å². The fourth-order valence-corrected chi connectivity index (χ4v) is 4.30. The highest BCUT2D eigenvalue weighted by Crippen LogP contribution is 2.27. The number of methoxy groups -OCH3 is 1. The first-order valence-electron chi connectivity index (χ1n) is 9.10. The third kappa shape index (κ3) is 6.23. The van der Waals surface area contributed by atoms with Crippen molar-refractivity contribution in [2.24, 2.45) is 0 Å². The number of aromatic nitrogens is 1. The van der Waals surface area contributed by atoms with E-state index in [1.165, 1.54) is 18.4 Å². The Labute approximate surface area is 181 Å². The number of carbonyl (C=O) groups excluding carboxylic acids is 3. The molecule has 1 atom stereocenters. The summed E-state index contributed by atoms with van der Waals surface area (Å²) in [7, 11) is 1.25. The van der Waals surface area contributed by atoms with E-state index in [0.717, 1.165) is 15.4 Å². The van der Waals surface area contributed by atoms with Crippen LogP contribution in [0, 0.1) is 0 Å². The van der Waals surface area contributed by atoms with Gasteiger partial charge < -0.3 is 14.8 Å². The number of esters is 2. The third-order valence-electron chi connectivity index (χ3n) is 4.08. The van der Waals surface area contributed by atoms with Crippen LogP contribution >= 0.6 is 22.7 Å². The van der Waals surface area contributed by atoms with E-state index in [-0.39, 0.29) is 12.8 Å². The first-order chi connectivity index (χ1) is 14.5. The number of benzene rings is 1. The average Bonchev–Trinajstić information content (AvgIpc) is 3.44. The zero-order valence-electron chi connectivity index (χ0n) is 16.2. The molecular weight excluding hydrogens is 424 g/mol. The lowest BCUT2D eigenvalue weighted by molar-refractivity contribution is -0.149. The van der Waals surface area contributed by atoms with E-state index in [9.17, 15) is 14.4 Å². The molecular formula is C21H20N2O5S2. The molecule has 0 aliphatic carbocycles. The summed E-state index contributed by atoms with van der Waals surface area (Å²) in [6, 6.07) is 12.3. The summed E-state index contributed by atoms with van der Waals surface area (Å²) in [5, 5.41) is 7.15. The smallest absolute Gasteiger partial charge is 0.328 e. The second-order valence-corrected chi connectivity index (χ2v) is 8.10. The van der Waals surface area contributed by atoms with Crippen molar-refractivity contribution in [3.63, 3.8) is 0 Å². The Balaban J connectivity index is 1.48. The molecule has 7 nitrogen and oxygen atoms in total. The van der Waals surface area contributed by atoms with E-state index in [2.05, 4.69) is 10.3 Å². The Morgan fingerprint density at radius 2 is 1.90 bits per heavy atom. The molecule has 2 aromatic heterocycles. The molecule has 0 spiro atoms. The predicted molar refractivity (Wildman–Crippen MR) is 114 cm³/mol. The number of nitrogens with one attached hydrogen (secondary N) is 1. The van der Waals surface area contributed by atoms with Crippen LogP contribution in [-0.2, 0) is 36.7 Å². The molecule has 156 valence electrons. The zero-order chi connectivity index (χ0) is 21.3. The van der Waals surface area contributed by atoms with Crippen LogP contribution in [0.4, 0.5) is 0 Å². The molecule has 0 saturated heterocycles. The van der Waals surface area contributed by atoms with Crippen LogP contribution in [0.1, 0.15) is 11.3 Å².